The van der Waals surface area contributed by atoms with Gasteiger partial charge in [-0.3, -0.25) is 4.90 Å². The summed E-state index contributed by atoms with van der Waals surface area (Å²) in [5, 5.41) is 0. The van der Waals surface area contributed by atoms with E-state index >= 15 is 0 Å². The van der Waals surface area contributed by atoms with Gasteiger partial charge in [-0.25, -0.2) is 0 Å². The minimum atomic E-state index is 0. The highest BCUT2D eigenvalue weighted by Crippen LogP contribution is 2.31. The molecule has 0 saturated carbocycles. The molecule has 1 aromatic rings. The number of benzene rings is 1. The van der Waals surface area contributed by atoms with Gasteiger partial charge in [-0.1, -0.05) is 19.1 Å². The van der Waals surface area contributed by atoms with Crippen LogP contribution < -0.4 is 28.9 Å². The van der Waals surface area contributed by atoms with Gasteiger partial charge in [0.2, 0.25) is 0 Å². The Morgan fingerprint density at radius 1 is 1.20 bits per heavy atom. The van der Waals surface area contributed by atoms with Crippen LogP contribution in [0.25, 0.3) is 5.57 Å². The molecule has 2 heteroatoms. The molecule has 0 spiro atoms. The molecular weight excluding hydrogens is 297 g/mol. The van der Waals surface area contributed by atoms with Gasteiger partial charge in [-0.05, 0) is 18.9 Å². The van der Waals surface area contributed by atoms with Gasteiger partial charge in [0.1, 0.15) is 11.4 Å². The van der Waals surface area contributed by atoms with E-state index in [1.165, 1.54) is 33.0 Å². The second-order valence-corrected chi connectivity index (χ2v) is 4.07. The monoisotopic (exact) mass is 315 g/mol. The number of nitrogens with one attached hydrogen (secondary N) is 1. The molecule has 1 nitrogen and oxygen atoms in total. The molecule has 1 aromatic carbocycles. The van der Waals surface area contributed by atoms with Crippen LogP contribution in [0.3, 0.4) is 0 Å². The van der Waals surface area contributed by atoms with E-state index in [0.717, 1.165) is 6.42 Å². The number of rotatable bonds is 1. The van der Waals surface area contributed by atoms with Gasteiger partial charge in [0.15, 0.2) is 0 Å². The lowest BCUT2D eigenvalue weighted by Crippen LogP contribution is -3.00. The van der Waals surface area contributed by atoms with Crippen molar-refractivity contribution in [2.24, 2.45) is 0 Å². The second kappa shape index (κ2) is 4.66. The SMILES string of the molecule is CCc1cccc2c1C(C)=C(C)[NH+]2C.[I-]. The lowest BCUT2D eigenvalue weighted by molar-refractivity contribution is -0.762. The summed E-state index contributed by atoms with van der Waals surface area (Å²) in [6.07, 6.45) is 1.13. The molecule has 0 amide bonds. The van der Waals surface area contributed by atoms with E-state index in [1.54, 1.807) is 0 Å². The first-order valence-corrected chi connectivity index (χ1v) is 5.30. The van der Waals surface area contributed by atoms with Crippen LogP contribution in [0.5, 0.6) is 0 Å². The minimum absolute atomic E-state index is 0. The minimum Gasteiger partial charge on any atom is -1.00 e. The molecule has 0 saturated heterocycles. The average Bonchev–Trinajstić information content (AvgIpc) is 2.44. The Kier molecular flexibility index (Phi) is 3.95. The molecular formula is C13H18IN. The van der Waals surface area contributed by atoms with Crippen LogP contribution in [0.2, 0.25) is 0 Å². The van der Waals surface area contributed by atoms with Crippen molar-refractivity contribution < 1.29 is 28.9 Å². The van der Waals surface area contributed by atoms with Gasteiger partial charge in [0.25, 0.3) is 0 Å². The Bertz CT molecular complexity index is 407. The molecule has 1 aliphatic heterocycles. The summed E-state index contributed by atoms with van der Waals surface area (Å²) in [5.74, 6) is 0. The van der Waals surface area contributed by atoms with E-state index < -0.39 is 0 Å². The lowest BCUT2D eigenvalue weighted by atomic mass is 9.99. The van der Waals surface area contributed by atoms with Crippen LogP contribution in [0.15, 0.2) is 23.9 Å². The third kappa shape index (κ3) is 1.85. The fraction of sp³-hybridized carbons (Fsp3) is 0.385. The van der Waals surface area contributed by atoms with Crippen molar-refractivity contribution >= 4 is 11.3 Å². The summed E-state index contributed by atoms with van der Waals surface area (Å²) >= 11 is 0. The first-order valence-electron chi connectivity index (χ1n) is 5.30. The van der Waals surface area contributed by atoms with Gasteiger partial charge in [0, 0.05) is 24.1 Å². The predicted octanol–water partition coefficient (Wildman–Crippen LogP) is -0.836. The summed E-state index contributed by atoms with van der Waals surface area (Å²) in [4.78, 5) is 1.45. The zero-order valence-electron chi connectivity index (χ0n) is 9.82. The van der Waals surface area contributed by atoms with E-state index in [0.29, 0.717) is 0 Å². The van der Waals surface area contributed by atoms with Gasteiger partial charge in [0.05, 0.1) is 7.05 Å². The molecule has 1 N–H and O–H groups in total. The first kappa shape index (κ1) is 12.7. The molecule has 1 unspecified atom stereocenters. The average molecular weight is 315 g/mol. The van der Waals surface area contributed by atoms with Crippen molar-refractivity contribution in [3.8, 4) is 0 Å². The summed E-state index contributed by atoms with van der Waals surface area (Å²) in [5.41, 5.74) is 7.34. The van der Waals surface area contributed by atoms with Crippen LogP contribution in [0.1, 0.15) is 31.9 Å². The highest BCUT2D eigenvalue weighted by molar-refractivity contribution is 5.78. The van der Waals surface area contributed by atoms with Crippen molar-refractivity contribution in [2.75, 3.05) is 7.05 Å². The Labute approximate surface area is 109 Å². The van der Waals surface area contributed by atoms with E-state index in [2.05, 4.69) is 46.0 Å². The molecule has 1 atom stereocenters. The quantitative estimate of drug-likeness (QED) is 0.645. The van der Waals surface area contributed by atoms with Crippen LogP contribution in [-0.4, -0.2) is 7.05 Å². The molecule has 1 heterocycles. The Morgan fingerprint density at radius 3 is 2.47 bits per heavy atom. The third-order valence-electron chi connectivity index (χ3n) is 3.44. The van der Waals surface area contributed by atoms with Crippen molar-refractivity contribution in [2.45, 2.75) is 27.2 Å². The number of fused-ring (bicyclic) bond motifs is 1. The molecule has 0 radical (unpaired) electrons. The Balaban J connectivity index is 0.00000112. The van der Waals surface area contributed by atoms with Crippen LogP contribution >= 0.6 is 0 Å². The smallest absolute Gasteiger partial charge is 0.143 e. The van der Waals surface area contributed by atoms with Gasteiger partial charge >= 0.3 is 0 Å². The third-order valence-corrected chi connectivity index (χ3v) is 3.44. The largest absolute Gasteiger partial charge is 1.00 e. The maximum atomic E-state index is 2.24. The molecule has 0 bridgehead atoms. The number of hydrogen-bond donors (Lipinski definition) is 1. The van der Waals surface area contributed by atoms with E-state index in [4.69, 9.17) is 0 Å². The molecule has 0 aromatic heterocycles. The fourth-order valence-electron chi connectivity index (χ4n) is 2.32. The van der Waals surface area contributed by atoms with E-state index in [-0.39, 0.29) is 24.0 Å². The molecule has 82 valence electrons. The highest BCUT2D eigenvalue weighted by atomic mass is 127. The summed E-state index contributed by atoms with van der Waals surface area (Å²) in [6.45, 7) is 6.69. The summed E-state index contributed by atoms with van der Waals surface area (Å²) < 4.78 is 0. The standard InChI is InChI=1S/C13H17N.HI/c1-5-11-7-6-8-12-13(11)9(2)10(3)14(12)4;/h6-8H,5H2,1-4H3;1H. The molecule has 0 fully saturated rings. The maximum absolute atomic E-state index is 2.24. The molecule has 0 aliphatic carbocycles. The van der Waals surface area contributed by atoms with Gasteiger partial charge in [-0.2, -0.15) is 0 Å². The van der Waals surface area contributed by atoms with Crippen molar-refractivity contribution in [3.63, 3.8) is 0 Å². The van der Waals surface area contributed by atoms with Gasteiger partial charge < -0.3 is 24.0 Å². The predicted molar refractivity (Wildman–Crippen MR) is 60.6 cm³/mol. The molecule has 15 heavy (non-hydrogen) atoms. The highest BCUT2D eigenvalue weighted by Gasteiger charge is 2.27. The Morgan fingerprint density at radius 2 is 1.87 bits per heavy atom. The molecule has 1 aliphatic rings. The molecule has 2 rings (SSSR count). The maximum Gasteiger partial charge on any atom is 0.143 e. The van der Waals surface area contributed by atoms with Crippen molar-refractivity contribution in [1.82, 2.24) is 0 Å². The first-order chi connectivity index (χ1) is 6.66. The number of halogens is 1. The van der Waals surface area contributed by atoms with E-state index in [9.17, 15) is 0 Å². The van der Waals surface area contributed by atoms with Crippen molar-refractivity contribution in [3.05, 3.63) is 35.0 Å². The second-order valence-electron chi connectivity index (χ2n) is 4.07. The number of quaternary nitrogens is 1. The number of aryl methyl sites for hydroxylation is 1. The number of hydrogen-bond acceptors (Lipinski definition) is 0. The number of allylic oxidation sites excluding steroid dienone is 2. The normalized spacial score (nSPS) is 18.8. The fourth-order valence-corrected chi connectivity index (χ4v) is 2.32. The van der Waals surface area contributed by atoms with Crippen LogP contribution in [-0.2, 0) is 6.42 Å². The van der Waals surface area contributed by atoms with Crippen LogP contribution in [0.4, 0.5) is 5.69 Å². The van der Waals surface area contributed by atoms with E-state index in [1.807, 2.05) is 0 Å². The zero-order chi connectivity index (χ0) is 10.3. The van der Waals surface area contributed by atoms with Gasteiger partial charge in [-0.15, -0.1) is 0 Å². The lowest BCUT2D eigenvalue weighted by Gasteiger charge is -2.09. The topological polar surface area (TPSA) is 4.44 Å². The summed E-state index contributed by atoms with van der Waals surface area (Å²) in [6, 6.07) is 6.66. The van der Waals surface area contributed by atoms with Crippen LogP contribution in [0, 0.1) is 0 Å². The van der Waals surface area contributed by atoms with Crippen molar-refractivity contribution in [1.29, 1.82) is 0 Å². The Hall–Kier alpha value is -0.350. The zero-order valence-corrected chi connectivity index (χ0v) is 12.0. The summed E-state index contributed by atoms with van der Waals surface area (Å²) in [7, 11) is 2.23.